The Morgan fingerprint density at radius 1 is 1.59 bits per heavy atom. The molecule has 0 spiro atoms. The molecule has 0 radical (unpaired) electrons. The number of nitro benzene ring substituents is 1. The molecule has 1 aliphatic rings. The van der Waals surface area contributed by atoms with Crippen LogP contribution in [0.3, 0.4) is 0 Å². The molecule has 0 aromatic heterocycles. The summed E-state index contributed by atoms with van der Waals surface area (Å²) in [7, 11) is 0. The third kappa shape index (κ3) is 3.06. The molecule has 1 atom stereocenters. The highest BCUT2D eigenvalue weighted by atomic mass is 127. The van der Waals surface area contributed by atoms with Gasteiger partial charge in [0.05, 0.1) is 8.49 Å². The molecular weight excluding hydrogens is 333 g/mol. The fourth-order valence-corrected chi connectivity index (χ4v) is 2.54. The van der Waals surface area contributed by atoms with Crippen LogP contribution >= 0.6 is 22.6 Å². The Kier molecular flexibility index (Phi) is 3.82. The maximum absolute atomic E-state index is 10.7. The van der Waals surface area contributed by atoms with Gasteiger partial charge in [0, 0.05) is 24.3 Å². The Morgan fingerprint density at radius 3 is 2.76 bits per heavy atom. The SMILES string of the molecule is NCC(Nc1ccc([N+](=O)[O-])c(I)c1)C1CC1. The lowest BCUT2D eigenvalue weighted by Gasteiger charge is -2.17. The molecule has 1 aliphatic carbocycles. The van der Waals surface area contributed by atoms with E-state index in [1.807, 2.05) is 22.6 Å². The Hall–Kier alpha value is -0.890. The topological polar surface area (TPSA) is 81.2 Å². The third-order valence-electron chi connectivity index (χ3n) is 2.94. The average Bonchev–Trinajstić information content (AvgIpc) is 3.09. The molecule has 1 unspecified atom stereocenters. The van der Waals surface area contributed by atoms with E-state index in [2.05, 4.69) is 5.32 Å². The minimum Gasteiger partial charge on any atom is -0.381 e. The first-order valence-corrected chi connectivity index (χ1v) is 6.60. The van der Waals surface area contributed by atoms with Gasteiger partial charge >= 0.3 is 0 Å². The van der Waals surface area contributed by atoms with Crippen molar-refractivity contribution < 1.29 is 4.92 Å². The van der Waals surface area contributed by atoms with Crippen LogP contribution in [0.2, 0.25) is 0 Å². The third-order valence-corrected chi connectivity index (χ3v) is 3.81. The van der Waals surface area contributed by atoms with Crippen molar-refractivity contribution in [1.82, 2.24) is 0 Å². The zero-order valence-corrected chi connectivity index (χ0v) is 11.4. The van der Waals surface area contributed by atoms with Gasteiger partial charge in [-0.3, -0.25) is 10.1 Å². The minimum atomic E-state index is -0.368. The van der Waals surface area contributed by atoms with Crippen molar-refractivity contribution >= 4 is 34.0 Å². The summed E-state index contributed by atoms with van der Waals surface area (Å²) in [6.07, 6.45) is 2.44. The number of rotatable bonds is 5. The Balaban J connectivity index is 2.11. The molecule has 1 aromatic rings. The highest BCUT2D eigenvalue weighted by Crippen LogP contribution is 2.34. The molecule has 0 amide bonds. The largest absolute Gasteiger partial charge is 0.381 e. The van der Waals surface area contributed by atoms with Crippen LogP contribution < -0.4 is 11.1 Å². The number of nitrogens with zero attached hydrogens (tertiary/aromatic N) is 1. The van der Waals surface area contributed by atoms with Gasteiger partial charge in [-0.25, -0.2) is 0 Å². The molecule has 2 rings (SSSR count). The summed E-state index contributed by atoms with van der Waals surface area (Å²) in [4.78, 5) is 10.3. The van der Waals surface area contributed by atoms with Crippen molar-refractivity contribution in [3.63, 3.8) is 0 Å². The van der Waals surface area contributed by atoms with Crippen molar-refractivity contribution in [2.75, 3.05) is 11.9 Å². The smallest absolute Gasteiger partial charge is 0.282 e. The number of nitro groups is 1. The maximum Gasteiger partial charge on any atom is 0.282 e. The van der Waals surface area contributed by atoms with Crippen LogP contribution in [-0.4, -0.2) is 17.5 Å². The standard InChI is InChI=1S/C11H14IN3O2/c12-9-5-8(3-4-11(9)15(16)17)14-10(6-13)7-1-2-7/h3-5,7,10,14H,1-2,6,13H2. The van der Waals surface area contributed by atoms with E-state index in [0.717, 1.165) is 5.69 Å². The molecule has 1 saturated carbocycles. The monoisotopic (exact) mass is 347 g/mol. The Labute approximate surface area is 113 Å². The van der Waals surface area contributed by atoms with Gasteiger partial charge in [0.25, 0.3) is 5.69 Å². The second kappa shape index (κ2) is 5.18. The molecule has 0 aliphatic heterocycles. The second-order valence-corrected chi connectivity index (χ2v) is 5.41. The maximum atomic E-state index is 10.7. The van der Waals surface area contributed by atoms with Gasteiger partial charge < -0.3 is 11.1 Å². The fraction of sp³-hybridized carbons (Fsp3) is 0.455. The van der Waals surface area contributed by atoms with Crippen LogP contribution in [0.15, 0.2) is 18.2 Å². The molecule has 6 heteroatoms. The minimum absolute atomic E-state index is 0.145. The number of nitrogens with one attached hydrogen (secondary N) is 1. The number of nitrogens with two attached hydrogens (primary N) is 1. The average molecular weight is 347 g/mol. The first-order chi connectivity index (χ1) is 8.11. The van der Waals surface area contributed by atoms with Gasteiger partial charge in [0.2, 0.25) is 0 Å². The van der Waals surface area contributed by atoms with E-state index in [9.17, 15) is 10.1 Å². The van der Waals surface area contributed by atoms with Gasteiger partial charge in [0.1, 0.15) is 0 Å². The summed E-state index contributed by atoms with van der Waals surface area (Å²) in [6, 6.07) is 5.35. The van der Waals surface area contributed by atoms with Crippen molar-refractivity contribution in [2.45, 2.75) is 18.9 Å². The fourth-order valence-electron chi connectivity index (χ4n) is 1.83. The van der Waals surface area contributed by atoms with E-state index >= 15 is 0 Å². The first-order valence-electron chi connectivity index (χ1n) is 5.52. The van der Waals surface area contributed by atoms with Crippen LogP contribution in [-0.2, 0) is 0 Å². The molecule has 0 saturated heterocycles. The van der Waals surface area contributed by atoms with E-state index in [0.29, 0.717) is 16.0 Å². The lowest BCUT2D eigenvalue weighted by molar-refractivity contribution is -0.385. The van der Waals surface area contributed by atoms with Crippen LogP contribution in [0.25, 0.3) is 0 Å². The first kappa shape index (κ1) is 12.6. The summed E-state index contributed by atoms with van der Waals surface area (Å²) in [5.74, 6) is 0.660. The molecule has 92 valence electrons. The summed E-state index contributed by atoms with van der Waals surface area (Å²) >= 11 is 1.98. The van der Waals surface area contributed by atoms with Crippen molar-refractivity contribution in [2.24, 2.45) is 11.7 Å². The van der Waals surface area contributed by atoms with Gasteiger partial charge in [-0.1, -0.05) is 0 Å². The van der Waals surface area contributed by atoms with Crippen LogP contribution in [0, 0.1) is 19.6 Å². The molecular formula is C11H14IN3O2. The second-order valence-electron chi connectivity index (χ2n) is 4.25. The van der Waals surface area contributed by atoms with Crippen LogP contribution in [0.4, 0.5) is 11.4 Å². The molecule has 0 heterocycles. The number of hydrogen-bond donors (Lipinski definition) is 2. The van der Waals surface area contributed by atoms with E-state index < -0.39 is 0 Å². The van der Waals surface area contributed by atoms with Crippen LogP contribution in [0.1, 0.15) is 12.8 Å². The molecule has 17 heavy (non-hydrogen) atoms. The van der Waals surface area contributed by atoms with Crippen molar-refractivity contribution in [3.8, 4) is 0 Å². The predicted molar refractivity (Wildman–Crippen MR) is 75.0 cm³/mol. The zero-order valence-electron chi connectivity index (χ0n) is 9.23. The predicted octanol–water partition coefficient (Wildman–Crippen LogP) is 2.35. The quantitative estimate of drug-likeness (QED) is 0.487. The number of benzene rings is 1. The Morgan fingerprint density at radius 2 is 2.29 bits per heavy atom. The van der Waals surface area contributed by atoms with Gasteiger partial charge in [-0.2, -0.15) is 0 Å². The van der Waals surface area contributed by atoms with E-state index in [-0.39, 0.29) is 16.7 Å². The normalized spacial score (nSPS) is 16.6. The van der Waals surface area contributed by atoms with Crippen molar-refractivity contribution in [1.29, 1.82) is 0 Å². The highest BCUT2D eigenvalue weighted by molar-refractivity contribution is 14.1. The van der Waals surface area contributed by atoms with Gasteiger partial charge in [-0.15, -0.1) is 0 Å². The van der Waals surface area contributed by atoms with Gasteiger partial charge in [0.15, 0.2) is 0 Å². The molecule has 1 aromatic carbocycles. The molecule has 5 nitrogen and oxygen atoms in total. The Bertz CT molecular complexity index is 435. The number of anilines is 1. The number of halogens is 1. The van der Waals surface area contributed by atoms with Gasteiger partial charge in [-0.05, 0) is 53.5 Å². The lowest BCUT2D eigenvalue weighted by atomic mass is 10.1. The molecule has 1 fully saturated rings. The van der Waals surface area contributed by atoms with Crippen LogP contribution in [0.5, 0.6) is 0 Å². The van der Waals surface area contributed by atoms with E-state index in [1.54, 1.807) is 12.1 Å². The summed E-state index contributed by atoms with van der Waals surface area (Å²) in [5.41, 5.74) is 6.76. The summed E-state index contributed by atoms with van der Waals surface area (Å²) < 4.78 is 0.643. The van der Waals surface area contributed by atoms with E-state index in [4.69, 9.17) is 5.73 Å². The van der Waals surface area contributed by atoms with Crippen molar-refractivity contribution in [3.05, 3.63) is 31.9 Å². The summed E-state index contributed by atoms with van der Waals surface area (Å²) in [6.45, 7) is 0.595. The lowest BCUT2D eigenvalue weighted by Crippen LogP contribution is -2.30. The summed E-state index contributed by atoms with van der Waals surface area (Å²) in [5, 5.41) is 14.0. The zero-order chi connectivity index (χ0) is 12.4. The molecule has 0 bridgehead atoms. The molecule has 3 N–H and O–H groups in total. The number of hydrogen-bond acceptors (Lipinski definition) is 4. The highest BCUT2D eigenvalue weighted by Gasteiger charge is 2.30. The van der Waals surface area contributed by atoms with E-state index in [1.165, 1.54) is 18.9 Å².